The molecular formula is C17H12Cl2FN3O. The van der Waals surface area contributed by atoms with Crippen LogP contribution in [0.25, 0.3) is 5.69 Å². The van der Waals surface area contributed by atoms with Crippen molar-refractivity contribution in [2.45, 2.75) is 6.92 Å². The third-order valence-electron chi connectivity index (χ3n) is 3.47. The molecule has 1 heterocycles. The molecule has 3 rings (SSSR count). The van der Waals surface area contributed by atoms with Crippen molar-refractivity contribution in [3.05, 3.63) is 76.0 Å². The SMILES string of the molecule is Cc1nccn1-c1ccc(NC(=O)c2ccc(Cl)cc2Cl)cc1F. The maximum atomic E-state index is 14.3. The van der Waals surface area contributed by atoms with E-state index in [1.54, 1.807) is 42.1 Å². The average Bonchev–Trinajstić information content (AvgIpc) is 2.93. The molecular weight excluding hydrogens is 352 g/mol. The quantitative estimate of drug-likeness (QED) is 0.720. The van der Waals surface area contributed by atoms with E-state index in [1.807, 2.05) is 0 Å². The van der Waals surface area contributed by atoms with Crippen LogP contribution in [-0.4, -0.2) is 15.5 Å². The highest BCUT2D eigenvalue weighted by molar-refractivity contribution is 6.37. The summed E-state index contributed by atoms with van der Waals surface area (Å²) in [5.41, 5.74) is 0.938. The van der Waals surface area contributed by atoms with Crippen molar-refractivity contribution >= 4 is 34.8 Å². The fourth-order valence-electron chi connectivity index (χ4n) is 2.28. The number of aryl methyl sites for hydroxylation is 1. The minimum absolute atomic E-state index is 0.228. The van der Waals surface area contributed by atoms with E-state index < -0.39 is 11.7 Å². The van der Waals surface area contributed by atoms with Gasteiger partial charge >= 0.3 is 0 Å². The first-order valence-electron chi connectivity index (χ1n) is 7.02. The Labute approximate surface area is 147 Å². The van der Waals surface area contributed by atoms with Crippen LogP contribution in [0, 0.1) is 12.7 Å². The predicted octanol–water partition coefficient (Wildman–Crippen LogP) is 4.88. The van der Waals surface area contributed by atoms with Crippen molar-refractivity contribution in [2.75, 3.05) is 5.32 Å². The normalized spacial score (nSPS) is 10.7. The Balaban J connectivity index is 1.85. The summed E-state index contributed by atoms with van der Waals surface area (Å²) in [7, 11) is 0. The molecule has 1 aromatic heterocycles. The number of halogens is 3. The molecule has 4 nitrogen and oxygen atoms in total. The lowest BCUT2D eigenvalue weighted by Gasteiger charge is -2.10. The van der Waals surface area contributed by atoms with Crippen LogP contribution in [0.15, 0.2) is 48.8 Å². The van der Waals surface area contributed by atoms with Crippen LogP contribution in [-0.2, 0) is 0 Å². The number of carbonyl (C=O) groups is 1. The number of hydrogen-bond donors (Lipinski definition) is 1. The Hall–Kier alpha value is -2.37. The van der Waals surface area contributed by atoms with Gasteiger partial charge in [-0.15, -0.1) is 0 Å². The number of nitrogens with zero attached hydrogens (tertiary/aromatic N) is 2. The second-order valence-corrected chi connectivity index (χ2v) is 5.93. The van der Waals surface area contributed by atoms with Gasteiger partial charge in [-0.2, -0.15) is 0 Å². The Morgan fingerprint density at radius 3 is 2.62 bits per heavy atom. The first-order chi connectivity index (χ1) is 11.5. The Morgan fingerprint density at radius 1 is 1.21 bits per heavy atom. The molecule has 3 aromatic rings. The Morgan fingerprint density at radius 2 is 2.00 bits per heavy atom. The van der Waals surface area contributed by atoms with Gasteiger partial charge < -0.3 is 9.88 Å². The predicted molar refractivity (Wildman–Crippen MR) is 92.7 cm³/mol. The van der Waals surface area contributed by atoms with Crippen molar-refractivity contribution in [3.63, 3.8) is 0 Å². The summed E-state index contributed by atoms with van der Waals surface area (Å²) in [4.78, 5) is 16.3. The highest BCUT2D eigenvalue weighted by Gasteiger charge is 2.13. The van der Waals surface area contributed by atoms with E-state index >= 15 is 0 Å². The molecule has 0 aliphatic heterocycles. The van der Waals surface area contributed by atoms with Crippen molar-refractivity contribution in [1.82, 2.24) is 9.55 Å². The van der Waals surface area contributed by atoms with E-state index in [2.05, 4.69) is 10.3 Å². The molecule has 0 unspecified atom stereocenters. The van der Waals surface area contributed by atoms with Gasteiger partial charge in [-0.25, -0.2) is 9.37 Å². The number of amides is 1. The monoisotopic (exact) mass is 363 g/mol. The zero-order chi connectivity index (χ0) is 17.3. The zero-order valence-corrected chi connectivity index (χ0v) is 14.1. The molecule has 1 N–H and O–H groups in total. The van der Waals surface area contributed by atoms with Crippen LogP contribution in [0.1, 0.15) is 16.2 Å². The Bertz CT molecular complexity index is 924. The Kier molecular flexibility index (Phi) is 4.55. The molecule has 0 atom stereocenters. The van der Waals surface area contributed by atoms with Gasteiger partial charge in [0, 0.05) is 23.1 Å². The molecule has 0 spiro atoms. The molecule has 1 amide bonds. The van der Waals surface area contributed by atoms with Gasteiger partial charge in [-0.05, 0) is 43.3 Å². The van der Waals surface area contributed by atoms with E-state index in [1.165, 1.54) is 18.2 Å². The first-order valence-corrected chi connectivity index (χ1v) is 7.77. The molecule has 0 bridgehead atoms. The maximum absolute atomic E-state index is 14.3. The van der Waals surface area contributed by atoms with Crippen LogP contribution in [0.4, 0.5) is 10.1 Å². The fraction of sp³-hybridized carbons (Fsp3) is 0.0588. The largest absolute Gasteiger partial charge is 0.322 e. The minimum Gasteiger partial charge on any atom is -0.322 e. The van der Waals surface area contributed by atoms with Crippen molar-refractivity contribution in [1.29, 1.82) is 0 Å². The van der Waals surface area contributed by atoms with E-state index in [-0.39, 0.29) is 10.6 Å². The number of anilines is 1. The first kappa shape index (κ1) is 16.5. The molecule has 0 saturated heterocycles. The number of carbonyl (C=O) groups excluding carboxylic acids is 1. The number of hydrogen-bond acceptors (Lipinski definition) is 2. The van der Waals surface area contributed by atoms with Crippen molar-refractivity contribution < 1.29 is 9.18 Å². The van der Waals surface area contributed by atoms with Crippen molar-refractivity contribution in [2.24, 2.45) is 0 Å². The van der Waals surface area contributed by atoms with Gasteiger partial charge in [0.25, 0.3) is 5.91 Å². The highest BCUT2D eigenvalue weighted by Crippen LogP contribution is 2.23. The number of imidazole rings is 1. The van der Waals surface area contributed by atoms with Crippen LogP contribution < -0.4 is 5.32 Å². The summed E-state index contributed by atoms with van der Waals surface area (Å²) in [6.07, 6.45) is 3.26. The molecule has 0 aliphatic rings. The van der Waals surface area contributed by atoms with E-state index in [0.717, 1.165) is 0 Å². The van der Waals surface area contributed by atoms with Gasteiger partial charge in [0.15, 0.2) is 0 Å². The third kappa shape index (κ3) is 3.27. The fourth-order valence-corrected chi connectivity index (χ4v) is 2.78. The molecule has 0 radical (unpaired) electrons. The number of rotatable bonds is 3. The summed E-state index contributed by atoms with van der Waals surface area (Å²) in [6.45, 7) is 1.78. The van der Waals surface area contributed by atoms with E-state index in [4.69, 9.17) is 23.2 Å². The number of nitrogens with one attached hydrogen (secondary N) is 1. The average molecular weight is 364 g/mol. The van der Waals surface area contributed by atoms with Gasteiger partial charge in [-0.3, -0.25) is 4.79 Å². The van der Waals surface area contributed by atoms with Crippen LogP contribution in [0.5, 0.6) is 0 Å². The third-order valence-corrected chi connectivity index (χ3v) is 4.01. The van der Waals surface area contributed by atoms with Gasteiger partial charge in [-0.1, -0.05) is 23.2 Å². The lowest BCUT2D eigenvalue weighted by molar-refractivity contribution is 0.102. The summed E-state index contributed by atoms with van der Waals surface area (Å²) in [6, 6.07) is 8.98. The molecule has 7 heteroatoms. The lowest BCUT2D eigenvalue weighted by atomic mass is 10.2. The van der Waals surface area contributed by atoms with Gasteiger partial charge in [0.2, 0.25) is 0 Å². The van der Waals surface area contributed by atoms with Gasteiger partial charge in [0.1, 0.15) is 11.6 Å². The molecule has 2 aromatic carbocycles. The molecule has 0 saturated carbocycles. The van der Waals surface area contributed by atoms with Crippen LogP contribution >= 0.6 is 23.2 Å². The second-order valence-electron chi connectivity index (χ2n) is 5.09. The summed E-state index contributed by atoms with van der Waals surface area (Å²) in [5.74, 6) is -0.252. The van der Waals surface area contributed by atoms with E-state index in [0.29, 0.717) is 22.2 Å². The second kappa shape index (κ2) is 6.63. The summed E-state index contributed by atoms with van der Waals surface area (Å²) in [5, 5.41) is 3.28. The number of benzene rings is 2. The number of aromatic nitrogens is 2. The van der Waals surface area contributed by atoms with Crippen LogP contribution in [0.2, 0.25) is 10.0 Å². The molecule has 0 aliphatic carbocycles. The maximum Gasteiger partial charge on any atom is 0.257 e. The zero-order valence-electron chi connectivity index (χ0n) is 12.6. The highest BCUT2D eigenvalue weighted by atomic mass is 35.5. The molecule has 0 fully saturated rings. The standard InChI is InChI=1S/C17H12Cl2FN3O/c1-10-21-6-7-23(10)16-5-3-12(9-15(16)20)22-17(24)13-4-2-11(18)8-14(13)19/h2-9H,1H3,(H,22,24). The van der Waals surface area contributed by atoms with Crippen molar-refractivity contribution in [3.8, 4) is 5.69 Å². The minimum atomic E-state index is -0.476. The summed E-state index contributed by atoms with van der Waals surface area (Å²) >= 11 is 11.8. The lowest BCUT2D eigenvalue weighted by Crippen LogP contribution is -2.13. The van der Waals surface area contributed by atoms with Crippen LogP contribution in [0.3, 0.4) is 0 Å². The van der Waals surface area contributed by atoms with Gasteiger partial charge in [0.05, 0.1) is 16.3 Å². The van der Waals surface area contributed by atoms with E-state index in [9.17, 15) is 9.18 Å². The topological polar surface area (TPSA) is 46.9 Å². The molecule has 122 valence electrons. The summed E-state index contributed by atoms with van der Waals surface area (Å²) < 4.78 is 16.0. The smallest absolute Gasteiger partial charge is 0.257 e. The molecule has 24 heavy (non-hydrogen) atoms.